The number of nitrogens with zero attached hydrogens (tertiary/aromatic N) is 2. The van der Waals surface area contributed by atoms with Crippen molar-refractivity contribution in [3.8, 4) is 5.75 Å². The number of carbonyl (C=O) groups is 2. The second kappa shape index (κ2) is 12.9. The minimum atomic E-state index is -3.95. The first-order valence-corrected chi connectivity index (χ1v) is 14.1. The molecule has 0 aliphatic carbocycles. The minimum Gasteiger partial charge on any atom is -0.495 e. The molecule has 0 aliphatic rings. The molecule has 12 heteroatoms. The SMILES string of the molecule is CC[C@@H](C)NC(=O)[C@H](C)N(Cc1ccc(Cl)cc1Cl)C(=O)CN(c1cc(Cl)ccc1OC)S(C)(=O)=O. The third kappa shape index (κ3) is 7.90. The van der Waals surface area contributed by atoms with Gasteiger partial charge in [-0.25, -0.2) is 8.42 Å². The lowest BCUT2D eigenvalue weighted by atomic mass is 10.1. The van der Waals surface area contributed by atoms with Gasteiger partial charge >= 0.3 is 0 Å². The van der Waals surface area contributed by atoms with Crippen molar-refractivity contribution in [2.75, 3.05) is 24.2 Å². The van der Waals surface area contributed by atoms with Crippen LogP contribution >= 0.6 is 34.8 Å². The second-order valence-electron chi connectivity index (χ2n) is 8.34. The zero-order chi connectivity index (χ0) is 27.2. The van der Waals surface area contributed by atoms with E-state index in [2.05, 4.69) is 5.32 Å². The molecule has 8 nitrogen and oxygen atoms in total. The summed E-state index contributed by atoms with van der Waals surface area (Å²) >= 11 is 18.5. The van der Waals surface area contributed by atoms with Gasteiger partial charge in [-0.15, -0.1) is 0 Å². The van der Waals surface area contributed by atoms with Crippen LogP contribution in [0, 0.1) is 0 Å². The van der Waals surface area contributed by atoms with Gasteiger partial charge in [0.25, 0.3) is 0 Å². The van der Waals surface area contributed by atoms with Gasteiger partial charge in [-0.1, -0.05) is 47.8 Å². The van der Waals surface area contributed by atoms with E-state index < -0.39 is 28.5 Å². The molecular weight excluding hydrogens is 549 g/mol. The highest BCUT2D eigenvalue weighted by Crippen LogP contribution is 2.33. The van der Waals surface area contributed by atoms with Crippen molar-refractivity contribution in [1.82, 2.24) is 10.2 Å². The largest absolute Gasteiger partial charge is 0.495 e. The maximum Gasteiger partial charge on any atom is 0.244 e. The predicted molar refractivity (Wildman–Crippen MR) is 145 cm³/mol. The first-order valence-electron chi connectivity index (χ1n) is 11.1. The summed E-state index contributed by atoms with van der Waals surface area (Å²) in [7, 11) is -2.57. The molecule has 2 aromatic rings. The van der Waals surface area contributed by atoms with Crippen molar-refractivity contribution in [2.45, 2.75) is 45.8 Å². The van der Waals surface area contributed by atoms with Crippen molar-refractivity contribution in [3.05, 3.63) is 57.0 Å². The molecule has 0 saturated carbocycles. The van der Waals surface area contributed by atoms with Gasteiger partial charge in [-0.3, -0.25) is 13.9 Å². The fourth-order valence-corrected chi connectivity index (χ4v) is 4.81. The molecule has 0 radical (unpaired) electrons. The van der Waals surface area contributed by atoms with E-state index in [1.54, 1.807) is 25.1 Å². The smallest absolute Gasteiger partial charge is 0.244 e. The highest BCUT2D eigenvalue weighted by atomic mass is 35.5. The minimum absolute atomic E-state index is 0.0474. The second-order valence-corrected chi connectivity index (χ2v) is 11.5. The Morgan fingerprint density at radius 3 is 2.22 bits per heavy atom. The van der Waals surface area contributed by atoms with Crippen LogP contribution in [0.4, 0.5) is 5.69 Å². The van der Waals surface area contributed by atoms with Gasteiger partial charge < -0.3 is 15.0 Å². The Hall–Kier alpha value is -2.20. The highest BCUT2D eigenvalue weighted by molar-refractivity contribution is 7.92. The van der Waals surface area contributed by atoms with Crippen molar-refractivity contribution in [2.24, 2.45) is 0 Å². The first-order chi connectivity index (χ1) is 16.8. The molecule has 198 valence electrons. The number of amides is 2. The van der Waals surface area contributed by atoms with Crippen LogP contribution in [0.15, 0.2) is 36.4 Å². The molecule has 0 fully saturated rings. The molecule has 2 aromatic carbocycles. The molecule has 2 rings (SSSR count). The first kappa shape index (κ1) is 30.0. The van der Waals surface area contributed by atoms with Gasteiger partial charge in [0.1, 0.15) is 18.3 Å². The normalized spacial score (nSPS) is 13.0. The van der Waals surface area contributed by atoms with E-state index in [4.69, 9.17) is 39.5 Å². The van der Waals surface area contributed by atoms with E-state index in [1.807, 2.05) is 13.8 Å². The number of hydrogen-bond acceptors (Lipinski definition) is 5. The lowest BCUT2D eigenvalue weighted by Gasteiger charge is -2.32. The molecular formula is C24H30Cl3N3O5S. The molecule has 36 heavy (non-hydrogen) atoms. The summed E-state index contributed by atoms with van der Waals surface area (Å²) in [6, 6.07) is 8.21. The topological polar surface area (TPSA) is 96.0 Å². The van der Waals surface area contributed by atoms with Gasteiger partial charge in [-0.2, -0.15) is 0 Å². The predicted octanol–water partition coefficient (Wildman–Crippen LogP) is 4.75. The van der Waals surface area contributed by atoms with Crippen LogP contribution in [0.2, 0.25) is 15.1 Å². The van der Waals surface area contributed by atoms with Gasteiger partial charge in [0.15, 0.2) is 0 Å². The van der Waals surface area contributed by atoms with Crippen LogP contribution in [0.1, 0.15) is 32.8 Å². The number of nitrogens with one attached hydrogen (secondary N) is 1. The van der Waals surface area contributed by atoms with Gasteiger partial charge in [0.2, 0.25) is 21.8 Å². The van der Waals surface area contributed by atoms with Crippen molar-refractivity contribution in [3.63, 3.8) is 0 Å². The number of rotatable bonds is 11. The number of ether oxygens (including phenoxy) is 1. The zero-order valence-electron chi connectivity index (χ0n) is 20.7. The van der Waals surface area contributed by atoms with E-state index in [0.29, 0.717) is 22.0 Å². The molecule has 0 spiro atoms. The third-order valence-electron chi connectivity index (χ3n) is 5.61. The Morgan fingerprint density at radius 1 is 1.06 bits per heavy atom. The van der Waals surface area contributed by atoms with Crippen molar-refractivity contribution < 1.29 is 22.7 Å². The number of carbonyl (C=O) groups excluding carboxylic acids is 2. The maximum absolute atomic E-state index is 13.6. The summed E-state index contributed by atoms with van der Waals surface area (Å²) in [4.78, 5) is 27.9. The number of sulfonamides is 1. The van der Waals surface area contributed by atoms with Crippen LogP contribution < -0.4 is 14.4 Å². The molecule has 0 saturated heterocycles. The lowest BCUT2D eigenvalue weighted by molar-refractivity contribution is -0.139. The van der Waals surface area contributed by atoms with Crippen molar-refractivity contribution in [1.29, 1.82) is 0 Å². The summed E-state index contributed by atoms with van der Waals surface area (Å²) in [5.41, 5.74) is 0.644. The van der Waals surface area contributed by atoms with Gasteiger partial charge in [0.05, 0.1) is 19.1 Å². The molecule has 0 aromatic heterocycles. The Balaban J connectivity index is 2.49. The van der Waals surface area contributed by atoms with E-state index in [-0.39, 0.29) is 35.0 Å². The van der Waals surface area contributed by atoms with E-state index in [0.717, 1.165) is 10.6 Å². The van der Waals surface area contributed by atoms with Gasteiger partial charge in [-0.05, 0) is 56.2 Å². The molecule has 2 amide bonds. The molecule has 0 heterocycles. The lowest BCUT2D eigenvalue weighted by Crippen LogP contribution is -2.52. The Bertz CT molecular complexity index is 1210. The van der Waals surface area contributed by atoms with Crippen LogP contribution in [-0.2, 0) is 26.2 Å². The standard InChI is InChI=1S/C24H30Cl3N3O5S/c1-6-15(2)28-24(32)16(3)29(13-17-7-8-18(25)11-20(17)27)23(31)14-30(36(5,33)34)21-12-19(26)9-10-22(21)35-4/h7-12,15-16H,6,13-14H2,1-5H3,(H,28,32)/t15-,16+/m1/s1. The zero-order valence-corrected chi connectivity index (χ0v) is 23.8. The van der Waals surface area contributed by atoms with E-state index >= 15 is 0 Å². The Morgan fingerprint density at radius 2 is 1.67 bits per heavy atom. The summed E-state index contributed by atoms with van der Waals surface area (Å²) in [6.07, 6.45) is 1.67. The molecule has 0 aliphatic heterocycles. The maximum atomic E-state index is 13.6. The average molecular weight is 579 g/mol. The molecule has 0 unspecified atom stereocenters. The summed E-state index contributed by atoms with van der Waals surface area (Å²) in [6.45, 7) is 4.71. The molecule has 2 atom stereocenters. The van der Waals surface area contributed by atoms with E-state index in [1.165, 1.54) is 30.2 Å². The summed E-state index contributed by atoms with van der Waals surface area (Å²) in [5, 5.41) is 3.85. The van der Waals surface area contributed by atoms with E-state index in [9.17, 15) is 18.0 Å². The summed E-state index contributed by atoms with van der Waals surface area (Å²) < 4.78 is 31.7. The highest BCUT2D eigenvalue weighted by Gasteiger charge is 2.32. The summed E-state index contributed by atoms with van der Waals surface area (Å²) in [5.74, 6) is -0.790. The number of benzene rings is 2. The molecule has 1 N–H and O–H groups in total. The fraction of sp³-hybridized carbons (Fsp3) is 0.417. The Labute approximate surface area is 227 Å². The van der Waals surface area contributed by atoms with Crippen LogP contribution in [-0.4, -0.2) is 57.1 Å². The fourth-order valence-electron chi connectivity index (χ4n) is 3.33. The average Bonchev–Trinajstić information content (AvgIpc) is 2.80. The van der Waals surface area contributed by atoms with Crippen LogP contribution in [0.5, 0.6) is 5.75 Å². The number of halogens is 3. The molecule has 0 bridgehead atoms. The monoisotopic (exact) mass is 577 g/mol. The van der Waals surface area contributed by atoms with Crippen LogP contribution in [0.25, 0.3) is 0 Å². The third-order valence-corrected chi connectivity index (χ3v) is 7.56. The Kier molecular flexibility index (Phi) is 10.7. The number of methoxy groups -OCH3 is 1. The number of hydrogen-bond donors (Lipinski definition) is 1. The van der Waals surface area contributed by atoms with Gasteiger partial charge in [0, 0.05) is 27.7 Å². The quantitative estimate of drug-likeness (QED) is 0.415. The van der Waals surface area contributed by atoms with Crippen LogP contribution in [0.3, 0.4) is 0 Å². The number of anilines is 1. The van der Waals surface area contributed by atoms with Crippen molar-refractivity contribution >= 4 is 62.3 Å².